The molecule has 0 aromatic heterocycles. The van der Waals surface area contributed by atoms with E-state index in [1.54, 1.807) is 0 Å². The third-order valence-corrected chi connectivity index (χ3v) is 3.64. The second-order valence-corrected chi connectivity index (χ2v) is 5.01. The highest BCUT2D eigenvalue weighted by molar-refractivity contribution is 7.99. The molecule has 1 heterocycles. The van der Waals surface area contributed by atoms with Crippen molar-refractivity contribution in [3.8, 4) is 0 Å². The van der Waals surface area contributed by atoms with E-state index in [-0.39, 0.29) is 0 Å². The summed E-state index contributed by atoms with van der Waals surface area (Å²) in [6, 6.07) is 0.944. The fraction of sp³-hybridized carbons (Fsp3) is 0.889. The first-order valence-electron chi connectivity index (χ1n) is 4.88. The quantitative estimate of drug-likeness (QED) is 0.522. The van der Waals surface area contributed by atoms with Crippen LogP contribution in [-0.4, -0.2) is 47.9 Å². The van der Waals surface area contributed by atoms with Gasteiger partial charge in [0.15, 0.2) is 0 Å². The lowest BCUT2D eigenvalue weighted by molar-refractivity contribution is 0.325. The Morgan fingerprint density at radius 3 is 2.92 bits per heavy atom. The topological polar surface area (TPSA) is 41.6 Å². The standard InChI is InChI=1S/C9H17N3S/c1-12-4-5-13-6-8(12)9(10)11-7-2-3-7/h7-8H,2-6H2,1H3,(H2,10,11). The molecule has 0 radical (unpaired) electrons. The van der Waals surface area contributed by atoms with Gasteiger partial charge in [-0.25, -0.2) is 0 Å². The Bertz CT molecular complexity index is 213. The van der Waals surface area contributed by atoms with Crippen molar-refractivity contribution in [3.05, 3.63) is 0 Å². The second-order valence-electron chi connectivity index (χ2n) is 3.86. The largest absolute Gasteiger partial charge is 0.386 e. The van der Waals surface area contributed by atoms with Crippen LogP contribution in [0, 0.1) is 0 Å². The Morgan fingerprint density at radius 2 is 2.31 bits per heavy atom. The lowest BCUT2D eigenvalue weighted by atomic mass is 10.2. The summed E-state index contributed by atoms with van der Waals surface area (Å²) >= 11 is 1.98. The van der Waals surface area contributed by atoms with E-state index in [2.05, 4.69) is 16.9 Å². The average Bonchev–Trinajstić information content (AvgIpc) is 2.89. The number of likely N-dealkylation sites (N-methyl/N-ethyl adjacent to an activating group) is 1. The van der Waals surface area contributed by atoms with Crippen LogP contribution in [0.15, 0.2) is 4.99 Å². The molecule has 74 valence electrons. The summed E-state index contributed by atoms with van der Waals surface area (Å²) in [4.78, 5) is 6.82. The lowest BCUT2D eigenvalue weighted by Gasteiger charge is -2.31. The van der Waals surface area contributed by atoms with E-state index in [0.717, 1.165) is 18.1 Å². The molecule has 2 aliphatic rings. The molecule has 13 heavy (non-hydrogen) atoms. The molecule has 0 aromatic carbocycles. The Balaban J connectivity index is 1.96. The van der Waals surface area contributed by atoms with E-state index in [1.807, 2.05) is 11.8 Å². The number of nitrogens with two attached hydrogens (primary N) is 1. The van der Waals surface area contributed by atoms with Gasteiger partial charge in [-0.3, -0.25) is 9.89 Å². The Morgan fingerprint density at radius 1 is 1.54 bits per heavy atom. The van der Waals surface area contributed by atoms with Crippen LogP contribution in [0.1, 0.15) is 12.8 Å². The lowest BCUT2D eigenvalue weighted by Crippen LogP contribution is -2.48. The van der Waals surface area contributed by atoms with Crippen molar-refractivity contribution in [3.63, 3.8) is 0 Å². The Labute approximate surface area is 83.8 Å². The molecule has 1 unspecified atom stereocenters. The second kappa shape index (κ2) is 3.88. The third-order valence-electron chi connectivity index (χ3n) is 2.62. The third kappa shape index (κ3) is 2.38. The molecule has 1 aliphatic carbocycles. The molecular weight excluding hydrogens is 182 g/mol. The van der Waals surface area contributed by atoms with Crippen molar-refractivity contribution in [1.82, 2.24) is 4.90 Å². The molecule has 1 atom stereocenters. The van der Waals surface area contributed by atoms with Gasteiger partial charge in [-0.1, -0.05) is 0 Å². The summed E-state index contributed by atoms with van der Waals surface area (Å²) < 4.78 is 0. The fourth-order valence-electron chi connectivity index (χ4n) is 1.50. The van der Waals surface area contributed by atoms with Gasteiger partial charge in [0.25, 0.3) is 0 Å². The molecule has 2 fully saturated rings. The molecular formula is C9H17N3S. The summed E-state index contributed by atoms with van der Waals surface area (Å²) in [6.07, 6.45) is 2.48. The number of thioether (sulfide) groups is 1. The first kappa shape index (κ1) is 9.34. The molecule has 1 saturated carbocycles. The van der Waals surface area contributed by atoms with Crippen LogP contribution in [0.4, 0.5) is 0 Å². The summed E-state index contributed by atoms with van der Waals surface area (Å²) in [5, 5.41) is 0. The molecule has 2 rings (SSSR count). The molecule has 4 heteroatoms. The van der Waals surface area contributed by atoms with Gasteiger partial charge in [0.05, 0.1) is 12.1 Å². The normalized spacial score (nSPS) is 32.1. The van der Waals surface area contributed by atoms with Gasteiger partial charge < -0.3 is 5.73 Å². The minimum absolute atomic E-state index is 0.388. The molecule has 0 amide bonds. The van der Waals surface area contributed by atoms with Crippen LogP contribution >= 0.6 is 11.8 Å². The van der Waals surface area contributed by atoms with Gasteiger partial charge in [0.2, 0.25) is 0 Å². The van der Waals surface area contributed by atoms with Gasteiger partial charge in [0, 0.05) is 18.1 Å². The van der Waals surface area contributed by atoms with E-state index in [1.165, 1.54) is 18.6 Å². The van der Waals surface area contributed by atoms with Gasteiger partial charge in [-0.15, -0.1) is 0 Å². The van der Waals surface area contributed by atoms with Crippen molar-refractivity contribution >= 4 is 17.6 Å². The van der Waals surface area contributed by atoms with Gasteiger partial charge in [0.1, 0.15) is 5.84 Å². The smallest absolute Gasteiger partial charge is 0.112 e. The van der Waals surface area contributed by atoms with Crippen molar-refractivity contribution in [2.75, 3.05) is 25.1 Å². The number of rotatable bonds is 2. The highest BCUT2D eigenvalue weighted by atomic mass is 32.2. The van der Waals surface area contributed by atoms with Gasteiger partial charge >= 0.3 is 0 Å². The van der Waals surface area contributed by atoms with Crippen molar-refractivity contribution < 1.29 is 0 Å². The zero-order valence-electron chi connectivity index (χ0n) is 8.07. The van der Waals surface area contributed by atoms with E-state index in [9.17, 15) is 0 Å². The monoisotopic (exact) mass is 199 g/mol. The Kier molecular flexibility index (Phi) is 2.79. The number of aliphatic imine (C=N–C) groups is 1. The number of amidine groups is 1. The van der Waals surface area contributed by atoms with Gasteiger partial charge in [-0.2, -0.15) is 11.8 Å². The fourth-order valence-corrected chi connectivity index (χ4v) is 2.73. The Hall–Kier alpha value is -0.220. The number of hydrogen-bond donors (Lipinski definition) is 1. The van der Waals surface area contributed by atoms with Crippen LogP contribution in [0.5, 0.6) is 0 Å². The molecule has 1 saturated heterocycles. The highest BCUT2D eigenvalue weighted by Crippen LogP contribution is 2.24. The summed E-state index contributed by atoms with van der Waals surface area (Å²) in [7, 11) is 2.14. The van der Waals surface area contributed by atoms with E-state index in [0.29, 0.717) is 12.1 Å². The SMILES string of the molecule is CN1CCSCC1C(N)=NC1CC1. The number of nitrogens with zero attached hydrogens (tertiary/aromatic N) is 2. The van der Waals surface area contributed by atoms with Crippen molar-refractivity contribution in [1.29, 1.82) is 0 Å². The van der Waals surface area contributed by atoms with Crippen LogP contribution in [0.25, 0.3) is 0 Å². The minimum Gasteiger partial charge on any atom is -0.386 e. The molecule has 1 aliphatic heterocycles. The molecule has 0 aromatic rings. The first-order valence-corrected chi connectivity index (χ1v) is 6.04. The van der Waals surface area contributed by atoms with Crippen LogP contribution in [0.3, 0.4) is 0 Å². The molecule has 0 bridgehead atoms. The molecule has 0 spiro atoms. The summed E-state index contributed by atoms with van der Waals surface area (Å²) in [6.45, 7) is 1.14. The van der Waals surface area contributed by atoms with Crippen molar-refractivity contribution in [2.24, 2.45) is 10.7 Å². The minimum atomic E-state index is 0.388. The van der Waals surface area contributed by atoms with E-state index in [4.69, 9.17) is 5.73 Å². The van der Waals surface area contributed by atoms with Crippen LogP contribution < -0.4 is 5.73 Å². The van der Waals surface area contributed by atoms with Gasteiger partial charge in [-0.05, 0) is 19.9 Å². The summed E-state index contributed by atoms with van der Waals surface area (Å²) in [5.41, 5.74) is 5.97. The number of hydrogen-bond acceptors (Lipinski definition) is 3. The maximum absolute atomic E-state index is 5.97. The first-order chi connectivity index (χ1) is 6.27. The predicted molar refractivity (Wildman–Crippen MR) is 58.4 cm³/mol. The van der Waals surface area contributed by atoms with Crippen molar-refractivity contribution in [2.45, 2.75) is 24.9 Å². The van der Waals surface area contributed by atoms with E-state index < -0.39 is 0 Å². The zero-order chi connectivity index (χ0) is 9.26. The average molecular weight is 199 g/mol. The summed E-state index contributed by atoms with van der Waals surface area (Å²) in [5.74, 6) is 3.19. The van der Waals surface area contributed by atoms with Crippen LogP contribution in [-0.2, 0) is 0 Å². The molecule has 2 N–H and O–H groups in total. The van der Waals surface area contributed by atoms with E-state index >= 15 is 0 Å². The molecule has 3 nitrogen and oxygen atoms in total. The van der Waals surface area contributed by atoms with Crippen LogP contribution in [0.2, 0.25) is 0 Å². The maximum Gasteiger partial charge on any atom is 0.112 e. The maximum atomic E-state index is 5.97. The predicted octanol–water partition coefficient (Wildman–Crippen LogP) is 0.553. The zero-order valence-corrected chi connectivity index (χ0v) is 8.89. The highest BCUT2D eigenvalue weighted by Gasteiger charge is 2.26.